The molecule has 0 aromatic heterocycles. The molecule has 3 heteroatoms. The van der Waals surface area contributed by atoms with Gasteiger partial charge >= 0.3 is 5.97 Å². The molecule has 0 radical (unpaired) electrons. The summed E-state index contributed by atoms with van der Waals surface area (Å²) < 4.78 is 11.6. The normalized spacial score (nSPS) is 11.2. The maximum absolute atomic E-state index is 12.7. The predicted octanol–water partition coefficient (Wildman–Crippen LogP) is 6.16. The molecule has 0 heterocycles. The first-order valence-electron chi connectivity index (χ1n) is 9.47. The lowest BCUT2D eigenvalue weighted by Crippen LogP contribution is -2.17. The molecule has 0 spiro atoms. The number of rotatable bonds is 8. The standard InChI is InChI=1S/C23H30O3/c1-5-6-7-12-17-25-20-15-10-8-13-18(20)22(24)26-21-16-11-9-14-19(21)23(2,3)4/h8-11,13-16H,5-7,12,17H2,1-4H3. The first-order valence-corrected chi connectivity index (χ1v) is 9.47. The first kappa shape index (κ1) is 20.0. The minimum absolute atomic E-state index is 0.105. The van der Waals surface area contributed by atoms with Crippen molar-refractivity contribution in [3.05, 3.63) is 59.7 Å². The van der Waals surface area contributed by atoms with Gasteiger partial charge in [-0.2, -0.15) is 0 Å². The lowest BCUT2D eigenvalue weighted by molar-refractivity contribution is 0.0727. The van der Waals surface area contributed by atoms with Gasteiger partial charge in [0.1, 0.15) is 17.1 Å². The highest BCUT2D eigenvalue weighted by Crippen LogP contribution is 2.32. The van der Waals surface area contributed by atoms with Gasteiger partial charge in [-0.1, -0.05) is 77.3 Å². The fourth-order valence-electron chi connectivity index (χ4n) is 2.80. The molecule has 0 aliphatic carbocycles. The summed E-state index contributed by atoms with van der Waals surface area (Å²) in [6, 6.07) is 15.0. The molecule has 0 N–H and O–H groups in total. The third-order valence-corrected chi connectivity index (χ3v) is 4.26. The van der Waals surface area contributed by atoms with Gasteiger partial charge in [-0.3, -0.25) is 0 Å². The second kappa shape index (κ2) is 9.42. The van der Waals surface area contributed by atoms with Crippen LogP contribution in [0.5, 0.6) is 11.5 Å². The second-order valence-electron chi connectivity index (χ2n) is 7.54. The molecule has 0 aliphatic rings. The SMILES string of the molecule is CCCCCCOc1ccccc1C(=O)Oc1ccccc1C(C)(C)C. The van der Waals surface area contributed by atoms with E-state index in [1.807, 2.05) is 42.5 Å². The zero-order valence-corrected chi connectivity index (χ0v) is 16.4. The molecular formula is C23H30O3. The highest BCUT2D eigenvalue weighted by atomic mass is 16.5. The minimum atomic E-state index is -0.383. The Morgan fingerprint density at radius 3 is 2.23 bits per heavy atom. The summed E-state index contributed by atoms with van der Waals surface area (Å²) in [6.45, 7) is 9.11. The third-order valence-electron chi connectivity index (χ3n) is 4.26. The van der Waals surface area contributed by atoms with E-state index >= 15 is 0 Å². The van der Waals surface area contributed by atoms with E-state index in [-0.39, 0.29) is 11.4 Å². The highest BCUT2D eigenvalue weighted by Gasteiger charge is 2.21. The molecule has 0 unspecified atom stereocenters. The van der Waals surface area contributed by atoms with E-state index in [9.17, 15) is 4.79 Å². The van der Waals surface area contributed by atoms with Crippen molar-refractivity contribution < 1.29 is 14.3 Å². The number of hydrogen-bond acceptors (Lipinski definition) is 3. The molecule has 26 heavy (non-hydrogen) atoms. The molecule has 0 aliphatic heterocycles. The second-order valence-corrected chi connectivity index (χ2v) is 7.54. The molecule has 0 saturated heterocycles. The summed E-state index contributed by atoms with van der Waals surface area (Å²) in [7, 11) is 0. The van der Waals surface area contributed by atoms with Gasteiger partial charge in [0.15, 0.2) is 0 Å². The van der Waals surface area contributed by atoms with Gasteiger partial charge in [0, 0.05) is 5.56 Å². The van der Waals surface area contributed by atoms with E-state index in [2.05, 4.69) is 27.7 Å². The van der Waals surface area contributed by atoms with Crippen molar-refractivity contribution in [3.63, 3.8) is 0 Å². The maximum atomic E-state index is 12.7. The van der Waals surface area contributed by atoms with Crippen LogP contribution in [0.4, 0.5) is 0 Å². The fraction of sp³-hybridized carbons (Fsp3) is 0.435. The van der Waals surface area contributed by atoms with Crippen molar-refractivity contribution in [2.24, 2.45) is 0 Å². The number of carbonyl (C=O) groups excluding carboxylic acids is 1. The Labute approximate surface area is 157 Å². The van der Waals surface area contributed by atoms with E-state index < -0.39 is 0 Å². The Kier molecular flexibility index (Phi) is 7.26. The Morgan fingerprint density at radius 1 is 0.885 bits per heavy atom. The van der Waals surface area contributed by atoms with Crippen LogP contribution in [-0.2, 0) is 5.41 Å². The van der Waals surface area contributed by atoms with Crippen LogP contribution < -0.4 is 9.47 Å². The minimum Gasteiger partial charge on any atom is -0.493 e. The van der Waals surface area contributed by atoms with Crippen LogP contribution in [0.25, 0.3) is 0 Å². The van der Waals surface area contributed by atoms with Crippen LogP contribution in [0.2, 0.25) is 0 Å². The molecule has 0 atom stereocenters. The first-order chi connectivity index (χ1) is 12.4. The molecule has 0 saturated carbocycles. The summed E-state index contributed by atoms with van der Waals surface area (Å²) in [5.74, 6) is 0.802. The molecular weight excluding hydrogens is 324 g/mol. The van der Waals surface area contributed by atoms with Crippen molar-refractivity contribution in [1.29, 1.82) is 0 Å². The predicted molar refractivity (Wildman–Crippen MR) is 106 cm³/mol. The number of benzene rings is 2. The Morgan fingerprint density at radius 2 is 1.54 bits per heavy atom. The Bertz CT molecular complexity index is 713. The van der Waals surface area contributed by atoms with E-state index in [0.29, 0.717) is 23.7 Å². The van der Waals surface area contributed by atoms with E-state index in [1.165, 1.54) is 12.8 Å². The van der Waals surface area contributed by atoms with Gasteiger partial charge in [0.05, 0.1) is 6.61 Å². The molecule has 140 valence electrons. The smallest absolute Gasteiger partial charge is 0.347 e. The van der Waals surface area contributed by atoms with Crippen LogP contribution in [-0.4, -0.2) is 12.6 Å². The lowest BCUT2D eigenvalue weighted by Gasteiger charge is -2.22. The van der Waals surface area contributed by atoms with Gasteiger partial charge in [0.25, 0.3) is 0 Å². The quantitative estimate of drug-likeness (QED) is 0.323. The summed E-state index contributed by atoms with van der Waals surface area (Å²) in [6.07, 6.45) is 4.53. The monoisotopic (exact) mass is 354 g/mol. The van der Waals surface area contributed by atoms with Gasteiger partial charge in [-0.25, -0.2) is 4.79 Å². The van der Waals surface area contributed by atoms with Crippen LogP contribution in [0, 0.1) is 0 Å². The summed E-state index contributed by atoms with van der Waals surface area (Å²) in [5.41, 5.74) is 1.37. The van der Waals surface area contributed by atoms with Crippen LogP contribution >= 0.6 is 0 Å². The van der Waals surface area contributed by atoms with Crippen LogP contribution in [0.3, 0.4) is 0 Å². The zero-order chi connectivity index (χ0) is 19.0. The summed E-state index contributed by atoms with van der Waals surface area (Å²) in [4.78, 5) is 12.7. The fourth-order valence-corrected chi connectivity index (χ4v) is 2.80. The number of carbonyl (C=O) groups is 1. The van der Waals surface area contributed by atoms with Crippen molar-refractivity contribution in [2.45, 2.75) is 58.8 Å². The molecule has 0 bridgehead atoms. The Balaban J connectivity index is 2.11. The van der Waals surface area contributed by atoms with E-state index in [4.69, 9.17) is 9.47 Å². The maximum Gasteiger partial charge on any atom is 0.347 e. The topological polar surface area (TPSA) is 35.5 Å². The van der Waals surface area contributed by atoms with Crippen molar-refractivity contribution in [1.82, 2.24) is 0 Å². The van der Waals surface area contributed by atoms with E-state index in [0.717, 1.165) is 18.4 Å². The van der Waals surface area contributed by atoms with Gasteiger partial charge in [-0.15, -0.1) is 0 Å². The van der Waals surface area contributed by atoms with Crippen molar-refractivity contribution in [2.75, 3.05) is 6.61 Å². The number of hydrogen-bond donors (Lipinski definition) is 0. The largest absolute Gasteiger partial charge is 0.493 e. The Hall–Kier alpha value is -2.29. The van der Waals surface area contributed by atoms with Gasteiger partial charge < -0.3 is 9.47 Å². The van der Waals surface area contributed by atoms with Crippen LogP contribution in [0.15, 0.2) is 48.5 Å². The van der Waals surface area contributed by atoms with Crippen molar-refractivity contribution in [3.8, 4) is 11.5 Å². The van der Waals surface area contributed by atoms with E-state index in [1.54, 1.807) is 6.07 Å². The number of unbranched alkanes of at least 4 members (excludes halogenated alkanes) is 3. The lowest BCUT2D eigenvalue weighted by atomic mass is 9.86. The third kappa shape index (κ3) is 5.62. The molecule has 2 aromatic rings. The highest BCUT2D eigenvalue weighted by molar-refractivity contribution is 5.94. The number of para-hydroxylation sites is 2. The number of ether oxygens (including phenoxy) is 2. The molecule has 0 fully saturated rings. The van der Waals surface area contributed by atoms with Gasteiger partial charge in [-0.05, 0) is 30.0 Å². The summed E-state index contributed by atoms with van der Waals surface area (Å²) >= 11 is 0. The average Bonchev–Trinajstić information content (AvgIpc) is 2.61. The van der Waals surface area contributed by atoms with Crippen LogP contribution in [0.1, 0.15) is 69.3 Å². The average molecular weight is 354 g/mol. The summed E-state index contributed by atoms with van der Waals surface area (Å²) in [5, 5.41) is 0. The molecule has 2 aromatic carbocycles. The molecule has 0 amide bonds. The van der Waals surface area contributed by atoms with Crippen molar-refractivity contribution >= 4 is 5.97 Å². The number of esters is 1. The zero-order valence-electron chi connectivity index (χ0n) is 16.4. The molecule has 2 rings (SSSR count). The molecule has 3 nitrogen and oxygen atoms in total. The van der Waals surface area contributed by atoms with Gasteiger partial charge in [0.2, 0.25) is 0 Å².